The number of hydrogen-bond acceptors (Lipinski definition) is 3. The van der Waals surface area contributed by atoms with Crippen LogP contribution in [-0.4, -0.2) is 38.5 Å². The third-order valence-corrected chi connectivity index (χ3v) is 3.78. The molecule has 2 unspecified atom stereocenters. The monoisotopic (exact) mass is 345 g/mol. The highest BCUT2D eigenvalue weighted by Crippen LogP contribution is 2.18. The van der Waals surface area contributed by atoms with Crippen LogP contribution in [0.4, 0.5) is 4.39 Å². The van der Waals surface area contributed by atoms with Crippen LogP contribution >= 0.6 is 15.9 Å². The van der Waals surface area contributed by atoms with E-state index in [0.29, 0.717) is 19.8 Å². The maximum Gasteiger partial charge on any atom is 0.124 e. The molecule has 0 saturated carbocycles. The van der Waals surface area contributed by atoms with E-state index in [0.717, 1.165) is 29.4 Å². The lowest BCUT2D eigenvalue weighted by molar-refractivity contribution is -0.101. The predicted molar refractivity (Wildman–Crippen MR) is 80.4 cm³/mol. The van der Waals surface area contributed by atoms with Gasteiger partial charge in [-0.1, -0.05) is 22.9 Å². The van der Waals surface area contributed by atoms with Crippen molar-refractivity contribution >= 4 is 15.9 Å². The van der Waals surface area contributed by atoms with Gasteiger partial charge in [0.25, 0.3) is 0 Å². The molecule has 0 amide bonds. The van der Waals surface area contributed by atoms with Crippen molar-refractivity contribution in [1.82, 2.24) is 5.32 Å². The molecule has 0 aromatic heterocycles. The van der Waals surface area contributed by atoms with Crippen LogP contribution in [-0.2, 0) is 15.9 Å². The molecule has 1 aliphatic heterocycles. The van der Waals surface area contributed by atoms with E-state index < -0.39 is 0 Å². The molecule has 1 saturated heterocycles. The molecule has 0 bridgehead atoms. The summed E-state index contributed by atoms with van der Waals surface area (Å²) >= 11 is 3.34. The van der Waals surface area contributed by atoms with Crippen molar-refractivity contribution in [2.75, 3.05) is 26.4 Å². The Balaban J connectivity index is 2.05. The van der Waals surface area contributed by atoms with Gasteiger partial charge in [-0.3, -0.25) is 0 Å². The Hall–Kier alpha value is -0.490. The van der Waals surface area contributed by atoms with Gasteiger partial charge in [-0.25, -0.2) is 4.39 Å². The van der Waals surface area contributed by atoms with Gasteiger partial charge in [-0.15, -0.1) is 0 Å². The fourth-order valence-corrected chi connectivity index (χ4v) is 2.90. The highest BCUT2D eigenvalue weighted by molar-refractivity contribution is 9.10. The Morgan fingerprint density at radius 3 is 2.90 bits per heavy atom. The zero-order chi connectivity index (χ0) is 14.4. The first kappa shape index (κ1) is 15.9. The average molecular weight is 346 g/mol. The molecule has 1 aromatic carbocycles. The molecule has 1 aliphatic rings. The second kappa shape index (κ2) is 8.08. The third kappa shape index (κ3) is 4.81. The number of ether oxygens (including phenoxy) is 2. The number of nitrogens with one attached hydrogen (secondary N) is 1. The lowest BCUT2D eigenvalue weighted by Gasteiger charge is -2.31. The van der Waals surface area contributed by atoms with Crippen molar-refractivity contribution in [2.45, 2.75) is 31.9 Å². The van der Waals surface area contributed by atoms with Crippen molar-refractivity contribution in [3.05, 3.63) is 34.1 Å². The summed E-state index contributed by atoms with van der Waals surface area (Å²) in [5, 5.41) is 3.48. The predicted octanol–water partition coefficient (Wildman–Crippen LogP) is 2.91. The maximum absolute atomic E-state index is 13.5. The topological polar surface area (TPSA) is 30.5 Å². The molecule has 3 nitrogen and oxygen atoms in total. The first-order chi connectivity index (χ1) is 9.69. The van der Waals surface area contributed by atoms with Crippen LogP contribution in [0, 0.1) is 5.82 Å². The summed E-state index contributed by atoms with van der Waals surface area (Å²) in [6.45, 7) is 4.92. The lowest BCUT2D eigenvalue weighted by Crippen LogP contribution is -2.48. The van der Waals surface area contributed by atoms with Crippen molar-refractivity contribution < 1.29 is 13.9 Å². The molecule has 1 heterocycles. The summed E-state index contributed by atoms with van der Waals surface area (Å²) in [6, 6.07) is 5.14. The molecular weight excluding hydrogens is 325 g/mol. The summed E-state index contributed by atoms with van der Waals surface area (Å²) in [5.74, 6) is -0.218. The minimum absolute atomic E-state index is 0.0253. The standard InChI is InChI=1S/C15H21BrFNO2/c1-2-3-18-14(15-10-19-4-5-20-15)8-11-6-12(16)9-13(17)7-11/h6-7,9,14-15,18H,2-5,8,10H2,1H3. The molecule has 2 atom stereocenters. The van der Waals surface area contributed by atoms with Crippen molar-refractivity contribution in [3.8, 4) is 0 Å². The molecule has 0 spiro atoms. The first-order valence-corrected chi connectivity index (χ1v) is 7.86. The van der Waals surface area contributed by atoms with Crippen LogP contribution in [0.1, 0.15) is 18.9 Å². The summed E-state index contributed by atoms with van der Waals surface area (Å²) in [7, 11) is 0. The van der Waals surface area contributed by atoms with E-state index in [9.17, 15) is 4.39 Å². The maximum atomic E-state index is 13.5. The third-order valence-electron chi connectivity index (χ3n) is 3.32. The van der Waals surface area contributed by atoms with Crippen LogP contribution in [0.3, 0.4) is 0 Å². The van der Waals surface area contributed by atoms with E-state index in [2.05, 4.69) is 28.2 Å². The normalized spacial score (nSPS) is 20.9. The summed E-state index contributed by atoms with van der Waals surface area (Å²) in [5.41, 5.74) is 0.958. The molecular formula is C15H21BrFNO2. The zero-order valence-corrected chi connectivity index (χ0v) is 13.3. The average Bonchev–Trinajstić information content (AvgIpc) is 2.43. The quantitative estimate of drug-likeness (QED) is 0.859. The number of hydrogen-bond donors (Lipinski definition) is 1. The van der Waals surface area contributed by atoms with Crippen LogP contribution in [0.2, 0.25) is 0 Å². The second-order valence-electron chi connectivity index (χ2n) is 5.03. The van der Waals surface area contributed by atoms with Gasteiger partial charge in [0.2, 0.25) is 0 Å². The van der Waals surface area contributed by atoms with E-state index in [1.807, 2.05) is 6.07 Å². The zero-order valence-electron chi connectivity index (χ0n) is 11.7. The van der Waals surface area contributed by atoms with Gasteiger partial charge < -0.3 is 14.8 Å². The van der Waals surface area contributed by atoms with Gasteiger partial charge in [0.05, 0.1) is 25.9 Å². The smallest absolute Gasteiger partial charge is 0.124 e. The summed E-state index contributed by atoms with van der Waals surface area (Å²) < 4.78 is 25.5. The van der Waals surface area contributed by atoms with E-state index >= 15 is 0 Å². The molecule has 1 aromatic rings. The lowest BCUT2D eigenvalue weighted by atomic mass is 10.0. The van der Waals surface area contributed by atoms with Gasteiger partial charge >= 0.3 is 0 Å². The van der Waals surface area contributed by atoms with E-state index in [4.69, 9.17) is 9.47 Å². The SMILES string of the molecule is CCCNC(Cc1cc(F)cc(Br)c1)C1COCCO1. The fourth-order valence-electron chi connectivity index (χ4n) is 2.39. The van der Waals surface area contributed by atoms with Crippen LogP contribution < -0.4 is 5.32 Å². The molecule has 5 heteroatoms. The highest BCUT2D eigenvalue weighted by Gasteiger charge is 2.25. The Kier molecular flexibility index (Phi) is 6.42. The fraction of sp³-hybridized carbons (Fsp3) is 0.600. The Morgan fingerprint density at radius 2 is 2.25 bits per heavy atom. The Bertz CT molecular complexity index is 404. The van der Waals surface area contributed by atoms with Crippen LogP contribution in [0.15, 0.2) is 22.7 Å². The van der Waals surface area contributed by atoms with Gasteiger partial charge in [0.15, 0.2) is 0 Å². The molecule has 2 rings (SSSR count). The molecule has 0 aliphatic carbocycles. The van der Waals surface area contributed by atoms with Gasteiger partial charge in [-0.2, -0.15) is 0 Å². The second-order valence-corrected chi connectivity index (χ2v) is 5.94. The number of halogens is 2. The molecule has 1 fully saturated rings. The minimum Gasteiger partial charge on any atom is -0.376 e. The molecule has 1 N–H and O–H groups in total. The van der Waals surface area contributed by atoms with Gasteiger partial charge in [0, 0.05) is 10.5 Å². The van der Waals surface area contributed by atoms with Crippen molar-refractivity contribution in [3.63, 3.8) is 0 Å². The molecule has 112 valence electrons. The minimum atomic E-state index is -0.218. The number of rotatable bonds is 6. The Morgan fingerprint density at radius 1 is 1.40 bits per heavy atom. The Labute approximate surface area is 128 Å². The van der Waals surface area contributed by atoms with Gasteiger partial charge in [-0.05, 0) is 43.1 Å². The largest absolute Gasteiger partial charge is 0.376 e. The summed E-state index contributed by atoms with van der Waals surface area (Å²) in [4.78, 5) is 0. The van der Waals surface area contributed by atoms with Gasteiger partial charge in [0.1, 0.15) is 5.82 Å². The molecule has 0 radical (unpaired) electrons. The van der Waals surface area contributed by atoms with E-state index in [1.165, 1.54) is 6.07 Å². The van der Waals surface area contributed by atoms with Crippen molar-refractivity contribution in [2.24, 2.45) is 0 Å². The van der Waals surface area contributed by atoms with E-state index in [1.54, 1.807) is 6.07 Å². The van der Waals surface area contributed by atoms with Crippen LogP contribution in [0.5, 0.6) is 0 Å². The van der Waals surface area contributed by atoms with Crippen LogP contribution in [0.25, 0.3) is 0 Å². The van der Waals surface area contributed by atoms with E-state index in [-0.39, 0.29) is 18.0 Å². The number of benzene rings is 1. The molecule has 20 heavy (non-hydrogen) atoms. The van der Waals surface area contributed by atoms with Crippen molar-refractivity contribution in [1.29, 1.82) is 0 Å². The highest BCUT2D eigenvalue weighted by atomic mass is 79.9. The first-order valence-electron chi connectivity index (χ1n) is 7.06. The summed E-state index contributed by atoms with van der Waals surface area (Å²) in [6.07, 6.45) is 1.80.